The molecule has 0 bridgehead atoms. The molecule has 0 unspecified atom stereocenters. The summed E-state index contributed by atoms with van der Waals surface area (Å²) in [5, 5.41) is 10.2. The Morgan fingerprint density at radius 3 is 2.88 bits per heavy atom. The van der Waals surface area contributed by atoms with Crippen LogP contribution >= 0.6 is 23.1 Å². The third-order valence-electron chi connectivity index (χ3n) is 2.22. The number of benzene rings is 1. The van der Waals surface area contributed by atoms with Crippen molar-refractivity contribution < 1.29 is 4.74 Å². The number of hydrogen-bond acceptors (Lipinski definition) is 4. The predicted molar refractivity (Wildman–Crippen MR) is 69.5 cm³/mol. The molecule has 1 aromatic heterocycles. The minimum Gasteiger partial charge on any atom is -0.492 e. The van der Waals surface area contributed by atoms with Crippen molar-refractivity contribution in [3.8, 4) is 11.8 Å². The Morgan fingerprint density at radius 2 is 2.25 bits per heavy atom. The van der Waals surface area contributed by atoms with Crippen LogP contribution in [0.4, 0.5) is 0 Å². The lowest BCUT2D eigenvalue weighted by Gasteiger charge is -2.04. The summed E-state index contributed by atoms with van der Waals surface area (Å²) in [5.74, 6) is 0.687. The van der Waals surface area contributed by atoms with Gasteiger partial charge in [-0.05, 0) is 36.8 Å². The van der Waals surface area contributed by atoms with Gasteiger partial charge in [-0.2, -0.15) is 5.26 Å². The number of rotatable bonds is 3. The van der Waals surface area contributed by atoms with E-state index in [-0.39, 0.29) is 0 Å². The summed E-state index contributed by atoms with van der Waals surface area (Å²) >= 11 is 3.45. The maximum absolute atomic E-state index is 9.04. The van der Waals surface area contributed by atoms with Crippen LogP contribution in [-0.2, 0) is 0 Å². The van der Waals surface area contributed by atoms with Crippen molar-refractivity contribution in [3.63, 3.8) is 0 Å². The SMILES string of the molecule is CCOc1cc2sc(SC)cc2cc1C#N. The second kappa shape index (κ2) is 4.77. The zero-order valence-electron chi connectivity index (χ0n) is 9.11. The largest absolute Gasteiger partial charge is 0.492 e. The van der Waals surface area contributed by atoms with Crippen molar-refractivity contribution in [1.29, 1.82) is 5.26 Å². The third kappa shape index (κ3) is 2.01. The van der Waals surface area contributed by atoms with Gasteiger partial charge < -0.3 is 4.74 Å². The van der Waals surface area contributed by atoms with Crippen LogP contribution in [0, 0.1) is 11.3 Å². The van der Waals surface area contributed by atoms with E-state index in [1.807, 2.05) is 19.1 Å². The van der Waals surface area contributed by atoms with E-state index < -0.39 is 0 Å². The second-order valence-corrected chi connectivity index (χ2v) is 5.39. The Labute approximate surface area is 103 Å². The maximum atomic E-state index is 9.04. The third-order valence-corrected chi connectivity index (χ3v) is 4.38. The number of thioether (sulfide) groups is 1. The molecule has 0 atom stereocenters. The molecule has 4 heteroatoms. The summed E-state index contributed by atoms with van der Waals surface area (Å²) in [6.07, 6.45) is 2.05. The topological polar surface area (TPSA) is 33.0 Å². The van der Waals surface area contributed by atoms with E-state index >= 15 is 0 Å². The van der Waals surface area contributed by atoms with Crippen LogP contribution in [0.1, 0.15) is 12.5 Å². The Balaban J connectivity index is 2.59. The fourth-order valence-electron chi connectivity index (χ4n) is 1.51. The molecule has 0 spiro atoms. The quantitative estimate of drug-likeness (QED) is 0.774. The maximum Gasteiger partial charge on any atom is 0.138 e. The minimum atomic E-state index is 0.584. The molecule has 82 valence electrons. The van der Waals surface area contributed by atoms with Crippen molar-refractivity contribution in [1.82, 2.24) is 0 Å². The molecule has 0 amide bonds. The lowest BCUT2D eigenvalue weighted by Crippen LogP contribution is -1.93. The molecule has 0 fully saturated rings. The van der Waals surface area contributed by atoms with Crippen LogP contribution in [-0.4, -0.2) is 12.9 Å². The van der Waals surface area contributed by atoms with Gasteiger partial charge in [0.2, 0.25) is 0 Å². The zero-order chi connectivity index (χ0) is 11.5. The van der Waals surface area contributed by atoms with Gasteiger partial charge in [0, 0.05) is 4.70 Å². The summed E-state index contributed by atoms with van der Waals surface area (Å²) in [6, 6.07) is 8.14. The van der Waals surface area contributed by atoms with Gasteiger partial charge in [-0.3, -0.25) is 0 Å². The number of thiophene rings is 1. The monoisotopic (exact) mass is 249 g/mol. The normalized spacial score (nSPS) is 10.3. The standard InChI is InChI=1S/C12H11NOS2/c1-3-14-10-6-11-8(4-9(10)7-13)5-12(15-2)16-11/h4-6H,3H2,1-2H3. The van der Waals surface area contributed by atoms with Crippen molar-refractivity contribution in [2.24, 2.45) is 0 Å². The summed E-state index contributed by atoms with van der Waals surface area (Å²) in [4.78, 5) is 0. The van der Waals surface area contributed by atoms with Crippen LogP contribution in [0.5, 0.6) is 5.75 Å². The van der Waals surface area contributed by atoms with Gasteiger partial charge in [0.25, 0.3) is 0 Å². The summed E-state index contributed by atoms with van der Waals surface area (Å²) < 4.78 is 7.89. The average molecular weight is 249 g/mol. The van der Waals surface area contributed by atoms with Crippen molar-refractivity contribution in [2.45, 2.75) is 11.1 Å². The van der Waals surface area contributed by atoms with E-state index in [1.165, 1.54) is 8.91 Å². The van der Waals surface area contributed by atoms with Crippen LogP contribution in [0.3, 0.4) is 0 Å². The molecule has 1 aromatic carbocycles. The molecule has 0 aliphatic heterocycles. The molecule has 2 nitrogen and oxygen atoms in total. The van der Waals surface area contributed by atoms with Crippen LogP contribution in [0.15, 0.2) is 22.4 Å². The summed E-state index contributed by atoms with van der Waals surface area (Å²) in [7, 11) is 0. The van der Waals surface area contributed by atoms with E-state index in [4.69, 9.17) is 10.00 Å². The van der Waals surface area contributed by atoms with Crippen molar-refractivity contribution >= 4 is 33.2 Å². The van der Waals surface area contributed by atoms with Gasteiger partial charge >= 0.3 is 0 Å². The van der Waals surface area contributed by atoms with Gasteiger partial charge in [0.05, 0.1) is 16.4 Å². The molecule has 1 heterocycles. The van der Waals surface area contributed by atoms with E-state index in [0.29, 0.717) is 17.9 Å². The molecule has 0 saturated carbocycles. The smallest absolute Gasteiger partial charge is 0.138 e. The first kappa shape index (κ1) is 11.3. The molecule has 2 rings (SSSR count). The summed E-state index contributed by atoms with van der Waals surface area (Å²) in [6.45, 7) is 2.51. The Kier molecular flexibility index (Phi) is 3.37. The molecule has 16 heavy (non-hydrogen) atoms. The molecule has 0 aliphatic carbocycles. The highest BCUT2D eigenvalue weighted by Crippen LogP contribution is 2.35. The van der Waals surface area contributed by atoms with Gasteiger partial charge in [0.1, 0.15) is 11.8 Å². The lowest BCUT2D eigenvalue weighted by atomic mass is 10.1. The molecule has 2 aromatic rings. The number of nitrogens with zero attached hydrogens (tertiary/aromatic N) is 1. The van der Waals surface area contributed by atoms with Crippen molar-refractivity contribution in [3.05, 3.63) is 23.8 Å². The lowest BCUT2D eigenvalue weighted by molar-refractivity contribution is 0.340. The fourth-order valence-corrected chi connectivity index (χ4v) is 3.16. The summed E-state index contributed by atoms with van der Waals surface area (Å²) in [5.41, 5.74) is 0.611. The Bertz CT molecular complexity index is 554. The molecule has 0 aliphatic rings. The minimum absolute atomic E-state index is 0.584. The Morgan fingerprint density at radius 1 is 1.44 bits per heavy atom. The second-order valence-electron chi connectivity index (χ2n) is 3.20. The first-order chi connectivity index (χ1) is 7.78. The molecule has 0 N–H and O–H groups in total. The average Bonchev–Trinajstić information content (AvgIpc) is 2.70. The van der Waals surface area contributed by atoms with E-state index in [0.717, 1.165) is 5.39 Å². The highest BCUT2D eigenvalue weighted by atomic mass is 32.2. The van der Waals surface area contributed by atoms with Gasteiger partial charge in [0.15, 0.2) is 0 Å². The number of hydrogen-bond donors (Lipinski definition) is 0. The number of nitriles is 1. The van der Waals surface area contributed by atoms with Gasteiger partial charge in [-0.15, -0.1) is 23.1 Å². The molecular weight excluding hydrogens is 238 g/mol. The number of ether oxygens (including phenoxy) is 1. The molecule has 0 radical (unpaired) electrons. The van der Waals surface area contributed by atoms with E-state index in [2.05, 4.69) is 18.4 Å². The molecule has 0 saturated heterocycles. The first-order valence-corrected chi connectivity index (χ1v) is 6.97. The molecular formula is C12H11NOS2. The highest BCUT2D eigenvalue weighted by molar-refractivity contribution is 8.00. The fraction of sp³-hybridized carbons (Fsp3) is 0.250. The van der Waals surface area contributed by atoms with Gasteiger partial charge in [-0.1, -0.05) is 0 Å². The number of fused-ring (bicyclic) bond motifs is 1. The van der Waals surface area contributed by atoms with Crippen LogP contribution in [0.25, 0.3) is 10.1 Å². The van der Waals surface area contributed by atoms with E-state index in [1.54, 1.807) is 23.1 Å². The van der Waals surface area contributed by atoms with Crippen molar-refractivity contribution in [2.75, 3.05) is 12.9 Å². The van der Waals surface area contributed by atoms with Gasteiger partial charge in [-0.25, -0.2) is 0 Å². The highest BCUT2D eigenvalue weighted by Gasteiger charge is 2.08. The zero-order valence-corrected chi connectivity index (χ0v) is 10.7. The van der Waals surface area contributed by atoms with Crippen LogP contribution in [0.2, 0.25) is 0 Å². The van der Waals surface area contributed by atoms with Crippen LogP contribution < -0.4 is 4.74 Å². The Hall–Kier alpha value is -1.18. The predicted octanol–water partition coefficient (Wildman–Crippen LogP) is 3.89. The van der Waals surface area contributed by atoms with E-state index in [9.17, 15) is 0 Å². The first-order valence-electron chi connectivity index (χ1n) is 4.93.